The van der Waals surface area contributed by atoms with E-state index < -0.39 is 0 Å². The molecule has 1 aliphatic heterocycles. The molecule has 0 amide bonds. The number of hydrogen-bond donors (Lipinski definition) is 0. The van der Waals surface area contributed by atoms with E-state index in [1.54, 1.807) is 0 Å². The molecule has 12 heavy (non-hydrogen) atoms. The van der Waals surface area contributed by atoms with E-state index >= 15 is 0 Å². The Labute approximate surface area is 78.0 Å². The molecule has 0 aliphatic carbocycles. The molecule has 3 heteroatoms. The third kappa shape index (κ3) is 3.30. The highest BCUT2D eigenvalue weighted by Crippen LogP contribution is 2.09. The molecular formula is C9H19NOSi. The molecular weight excluding hydrogens is 166 g/mol. The minimum Gasteiger partial charge on any atom is -0.503 e. The van der Waals surface area contributed by atoms with E-state index in [4.69, 9.17) is 4.74 Å². The first-order valence-corrected chi connectivity index (χ1v) is 5.88. The van der Waals surface area contributed by atoms with Gasteiger partial charge in [0.15, 0.2) is 0 Å². The molecule has 0 N–H and O–H groups in total. The summed E-state index contributed by atoms with van der Waals surface area (Å²) in [6.07, 6.45) is 6.29. The maximum atomic E-state index is 5.43. The number of hydrogen-bond acceptors (Lipinski definition) is 2. The number of likely N-dealkylation sites (tertiary alicyclic amines) is 1. The monoisotopic (exact) mass is 185 g/mol. The quantitative estimate of drug-likeness (QED) is 0.473. The Morgan fingerprint density at radius 2 is 2.08 bits per heavy atom. The summed E-state index contributed by atoms with van der Waals surface area (Å²) in [5, 5.41) is 1.18. The largest absolute Gasteiger partial charge is 0.503 e. The van der Waals surface area contributed by atoms with Gasteiger partial charge in [-0.05, 0) is 26.2 Å². The van der Waals surface area contributed by atoms with Gasteiger partial charge in [-0.2, -0.15) is 0 Å². The summed E-state index contributed by atoms with van der Waals surface area (Å²) in [4.78, 5) is 2.39. The van der Waals surface area contributed by atoms with Crippen LogP contribution in [-0.4, -0.2) is 34.8 Å². The Morgan fingerprint density at radius 3 is 2.67 bits per heavy atom. The highest BCUT2D eigenvalue weighted by molar-refractivity contribution is 6.20. The standard InChI is InChI=1S/C9H19NOSi/c1-2-11-9(12)8-10-6-4-3-5-7-10/h8H,2-7H2,1,12H3. The van der Waals surface area contributed by atoms with E-state index in [2.05, 4.69) is 11.1 Å². The Balaban J connectivity index is 2.31. The molecule has 1 saturated heterocycles. The molecule has 0 radical (unpaired) electrons. The van der Waals surface area contributed by atoms with E-state index in [1.807, 2.05) is 6.92 Å². The van der Waals surface area contributed by atoms with Crippen molar-refractivity contribution in [2.75, 3.05) is 19.7 Å². The zero-order valence-corrected chi connectivity index (χ0v) is 10.2. The number of rotatable bonds is 3. The first-order chi connectivity index (χ1) is 5.83. The van der Waals surface area contributed by atoms with Crippen molar-refractivity contribution in [3.8, 4) is 0 Å². The van der Waals surface area contributed by atoms with Gasteiger partial charge in [0.2, 0.25) is 0 Å². The van der Waals surface area contributed by atoms with Gasteiger partial charge in [-0.15, -0.1) is 0 Å². The highest BCUT2D eigenvalue weighted by Gasteiger charge is 2.05. The van der Waals surface area contributed by atoms with Gasteiger partial charge in [0.1, 0.15) is 0 Å². The van der Waals surface area contributed by atoms with Crippen LogP contribution in [0.25, 0.3) is 0 Å². The van der Waals surface area contributed by atoms with Crippen LogP contribution in [0.4, 0.5) is 0 Å². The van der Waals surface area contributed by atoms with Crippen molar-refractivity contribution in [3.05, 3.63) is 11.6 Å². The highest BCUT2D eigenvalue weighted by atomic mass is 28.1. The van der Waals surface area contributed by atoms with Crippen molar-refractivity contribution in [2.45, 2.75) is 26.2 Å². The van der Waals surface area contributed by atoms with Crippen LogP contribution in [0.1, 0.15) is 26.2 Å². The molecule has 0 aromatic rings. The Kier molecular flexibility index (Phi) is 4.22. The average molecular weight is 185 g/mol. The topological polar surface area (TPSA) is 12.5 Å². The molecule has 0 aromatic heterocycles. The van der Waals surface area contributed by atoms with Crippen molar-refractivity contribution >= 4 is 10.2 Å². The molecule has 0 spiro atoms. The maximum absolute atomic E-state index is 5.43. The van der Waals surface area contributed by atoms with Crippen LogP contribution in [-0.2, 0) is 4.74 Å². The fraction of sp³-hybridized carbons (Fsp3) is 0.778. The summed E-state index contributed by atoms with van der Waals surface area (Å²) >= 11 is 0. The van der Waals surface area contributed by atoms with Crippen molar-refractivity contribution in [2.24, 2.45) is 0 Å². The third-order valence-corrected chi connectivity index (χ3v) is 2.67. The second-order valence-electron chi connectivity index (χ2n) is 3.27. The van der Waals surface area contributed by atoms with Crippen molar-refractivity contribution in [1.82, 2.24) is 4.90 Å². The normalized spacial score (nSPS) is 19.8. The predicted molar refractivity (Wildman–Crippen MR) is 55.1 cm³/mol. The predicted octanol–water partition coefficient (Wildman–Crippen LogP) is 0.673. The minimum atomic E-state index is 0.809. The molecule has 2 nitrogen and oxygen atoms in total. The number of piperidine rings is 1. The molecule has 1 aliphatic rings. The zero-order chi connectivity index (χ0) is 8.81. The number of ether oxygens (including phenoxy) is 1. The van der Waals surface area contributed by atoms with Gasteiger partial charge in [-0.1, -0.05) is 0 Å². The smallest absolute Gasteiger partial charge is 0.0853 e. The summed E-state index contributed by atoms with van der Waals surface area (Å²) in [7, 11) is 1.03. The van der Waals surface area contributed by atoms with Gasteiger partial charge < -0.3 is 9.64 Å². The lowest BCUT2D eigenvalue weighted by Crippen LogP contribution is -2.25. The van der Waals surface area contributed by atoms with Crippen LogP contribution >= 0.6 is 0 Å². The zero-order valence-electron chi connectivity index (χ0n) is 8.18. The Morgan fingerprint density at radius 1 is 1.42 bits per heavy atom. The fourth-order valence-corrected chi connectivity index (χ4v) is 2.22. The molecule has 70 valence electrons. The molecule has 1 heterocycles. The lowest BCUT2D eigenvalue weighted by atomic mass is 10.1. The van der Waals surface area contributed by atoms with Crippen molar-refractivity contribution < 1.29 is 4.74 Å². The molecule has 1 fully saturated rings. The van der Waals surface area contributed by atoms with Gasteiger partial charge in [0.25, 0.3) is 0 Å². The van der Waals surface area contributed by atoms with Gasteiger partial charge in [0, 0.05) is 19.3 Å². The van der Waals surface area contributed by atoms with Gasteiger partial charge in [-0.25, -0.2) is 0 Å². The SMILES string of the molecule is CCOC([SiH3])=CN1CCCCC1. The van der Waals surface area contributed by atoms with Crippen LogP contribution < -0.4 is 0 Å². The van der Waals surface area contributed by atoms with E-state index in [0.717, 1.165) is 16.8 Å². The fourth-order valence-electron chi connectivity index (χ4n) is 1.57. The lowest BCUT2D eigenvalue weighted by molar-refractivity contribution is 0.234. The van der Waals surface area contributed by atoms with Crippen molar-refractivity contribution in [1.29, 1.82) is 0 Å². The summed E-state index contributed by atoms with van der Waals surface area (Å²) in [6.45, 7) is 5.29. The molecule has 0 unspecified atom stereocenters. The first-order valence-electron chi connectivity index (χ1n) is 4.88. The van der Waals surface area contributed by atoms with Crippen LogP contribution in [0.3, 0.4) is 0 Å². The van der Waals surface area contributed by atoms with Crippen LogP contribution in [0.15, 0.2) is 11.6 Å². The minimum absolute atomic E-state index is 0.809. The molecule has 0 bridgehead atoms. The van der Waals surface area contributed by atoms with Gasteiger partial charge in [-0.3, -0.25) is 0 Å². The summed E-state index contributed by atoms with van der Waals surface area (Å²) in [5.41, 5.74) is 0. The summed E-state index contributed by atoms with van der Waals surface area (Å²) in [6, 6.07) is 0. The van der Waals surface area contributed by atoms with Crippen LogP contribution in [0.5, 0.6) is 0 Å². The molecule has 1 rings (SSSR count). The third-order valence-electron chi connectivity index (χ3n) is 2.13. The van der Waals surface area contributed by atoms with E-state index in [9.17, 15) is 0 Å². The summed E-state index contributed by atoms with van der Waals surface area (Å²) < 4.78 is 5.43. The molecule has 0 aromatic carbocycles. The Bertz CT molecular complexity index is 153. The van der Waals surface area contributed by atoms with Gasteiger partial charge in [0.05, 0.1) is 22.2 Å². The molecule has 0 atom stereocenters. The van der Waals surface area contributed by atoms with Crippen molar-refractivity contribution in [3.63, 3.8) is 0 Å². The lowest BCUT2D eigenvalue weighted by Gasteiger charge is -2.25. The Hall–Kier alpha value is -0.443. The van der Waals surface area contributed by atoms with E-state index in [0.29, 0.717) is 0 Å². The average Bonchev–Trinajstić information content (AvgIpc) is 2.06. The maximum Gasteiger partial charge on any atom is 0.0853 e. The van der Waals surface area contributed by atoms with E-state index in [1.165, 1.54) is 37.7 Å². The number of nitrogens with zero attached hydrogens (tertiary/aromatic N) is 1. The van der Waals surface area contributed by atoms with Gasteiger partial charge >= 0.3 is 0 Å². The second-order valence-corrected chi connectivity index (χ2v) is 4.25. The second kappa shape index (κ2) is 5.25. The summed E-state index contributed by atoms with van der Waals surface area (Å²) in [5.74, 6) is 0. The van der Waals surface area contributed by atoms with Crippen LogP contribution in [0, 0.1) is 0 Å². The molecule has 0 saturated carbocycles. The van der Waals surface area contributed by atoms with Crippen LogP contribution in [0.2, 0.25) is 0 Å². The van der Waals surface area contributed by atoms with E-state index in [-0.39, 0.29) is 0 Å². The first kappa shape index (κ1) is 9.64.